The van der Waals surface area contributed by atoms with Gasteiger partial charge in [-0.1, -0.05) is 13.0 Å². The fourth-order valence-electron chi connectivity index (χ4n) is 1.83. The van der Waals surface area contributed by atoms with E-state index < -0.39 is 11.7 Å². The number of fused-ring (bicyclic) bond motifs is 1. The second-order valence-corrected chi connectivity index (χ2v) is 4.76. The van der Waals surface area contributed by atoms with E-state index >= 15 is 0 Å². The third-order valence-corrected chi connectivity index (χ3v) is 3.02. The Morgan fingerprint density at radius 2 is 2.05 bits per heavy atom. The van der Waals surface area contributed by atoms with E-state index in [0.717, 1.165) is 12.1 Å². The smallest absolute Gasteiger partial charge is 0.396 e. The quantitative estimate of drug-likeness (QED) is 0.905. The summed E-state index contributed by atoms with van der Waals surface area (Å²) in [6.07, 6.45) is -2.90. The van der Waals surface area contributed by atoms with Crippen molar-refractivity contribution < 1.29 is 18.3 Å². The molecule has 0 saturated heterocycles. The molecule has 108 valence electrons. The largest absolute Gasteiger partial charge is 0.416 e. The van der Waals surface area contributed by atoms with Crippen molar-refractivity contribution in [2.24, 2.45) is 5.92 Å². The average Bonchev–Trinajstić information content (AvgIpc) is 2.43. The summed E-state index contributed by atoms with van der Waals surface area (Å²) < 4.78 is 37.9. The van der Waals surface area contributed by atoms with Crippen LogP contribution in [0.25, 0.3) is 10.9 Å². The van der Waals surface area contributed by atoms with E-state index in [1.54, 1.807) is 6.07 Å². The van der Waals surface area contributed by atoms with Gasteiger partial charge in [0.2, 0.25) is 0 Å². The van der Waals surface area contributed by atoms with Gasteiger partial charge in [0.25, 0.3) is 0 Å². The molecule has 3 nitrogen and oxygen atoms in total. The zero-order valence-electron chi connectivity index (χ0n) is 10.9. The SMILES string of the molecule is CC(CO)CNc1ccnc2cc(C(F)(F)F)ccc12. The number of aromatic nitrogens is 1. The molecule has 1 aromatic heterocycles. The first-order valence-electron chi connectivity index (χ1n) is 6.22. The number of hydrogen-bond donors (Lipinski definition) is 2. The summed E-state index contributed by atoms with van der Waals surface area (Å²) in [5, 5.41) is 12.7. The molecule has 0 saturated carbocycles. The molecule has 0 fully saturated rings. The molecule has 0 radical (unpaired) electrons. The highest BCUT2D eigenvalue weighted by Gasteiger charge is 2.30. The molecule has 2 N–H and O–H groups in total. The van der Waals surface area contributed by atoms with Crippen molar-refractivity contribution in [2.45, 2.75) is 13.1 Å². The third kappa shape index (κ3) is 3.19. The van der Waals surface area contributed by atoms with E-state index in [2.05, 4.69) is 10.3 Å². The standard InChI is InChI=1S/C14H15F3N2O/c1-9(8-20)7-19-12-4-5-18-13-6-10(14(15,16)17)2-3-11(12)13/h2-6,9,20H,7-8H2,1H3,(H,18,19). The summed E-state index contributed by atoms with van der Waals surface area (Å²) >= 11 is 0. The minimum atomic E-state index is -4.37. The van der Waals surface area contributed by atoms with E-state index in [0.29, 0.717) is 23.1 Å². The van der Waals surface area contributed by atoms with E-state index in [9.17, 15) is 13.2 Å². The number of pyridine rings is 1. The second kappa shape index (κ2) is 5.66. The molecule has 0 amide bonds. The lowest BCUT2D eigenvalue weighted by atomic mass is 10.1. The van der Waals surface area contributed by atoms with Crippen LogP contribution in [0.2, 0.25) is 0 Å². The van der Waals surface area contributed by atoms with Gasteiger partial charge in [-0.25, -0.2) is 0 Å². The lowest BCUT2D eigenvalue weighted by Crippen LogP contribution is -2.14. The minimum Gasteiger partial charge on any atom is -0.396 e. The highest BCUT2D eigenvalue weighted by molar-refractivity contribution is 5.91. The topological polar surface area (TPSA) is 45.1 Å². The van der Waals surface area contributed by atoms with Crippen LogP contribution in [0.15, 0.2) is 30.5 Å². The molecule has 1 unspecified atom stereocenters. The molecule has 0 spiro atoms. The molecular formula is C14H15F3N2O. The zero-order chi connectivity index (χ0) is 14.8. The Bertz CT molecular complexity index is 598. The van der Waals surface area contributed by atoms with Gasteiger partial charge in [-0.15, -0.1) is 0 Å². The first-order chi connectivity index (χ1) is 9.41. The predicted molar refractivity (Wildman–Crippen MR) is 71.5 cm³/mol. The van der Waals surface area contributed by atoms with Crippen LogP contribution in [-0.4, -0.2) is 23.2 Å². The fourth-order valence-corrected chi connectivity index (χ4v) is 1.83. The van der Waals surface area contributed by atoms with E-state index in [1.807, 2.05) is 6.92 Å². The number of nitrogens with one attached hydrogen (secondary N) is 1. The van der Waals surface area contributed by atoms with Gasteiger partial charge in [-0.2, -0.15) is 13.2 Å². The molecule has 0 aliphatic rings. The van der Waals surface area contributed by atoms with Crippen LogP contribution in [0.4, 0.5) is 18.9 Å². The summed E-state index contributed by atoms with van der Waals surface area (Å²) in [6, 6.07) is 5.21. The molecule has 0 bridgehead atoms. The number of hydrogen-bond acceptors (Lipinski definition) is 3. The maximum Gasteiger partial charge on any atom is 0.416 e. The van der Waals surface area contributed by atoms with Gasteiger partial charge in [0, 0.05) is 30.4 Å². The fraction of sp³-hybridized carbons (Fsp3) is 0.357. The summed E-state index contributed by atoms with van der Waals surface area (Å²) in [6.45, 7) is 2.46. The predicted octanol–water partition coefficient (Wildman–Crippen LogP) is 3.29. The van der Waals surface area contributed by atoms with Crippen molar-refractivity contribution in [3.8, 4) is 0 Å². The number of benzene rings is 1. The number of anilines is 1. The normalized spacial score (nSPS) is 13.4. The molecule has 20 heavy (non-hydrogen) atoms. The van der Waals surface area contributed by atoms with Crippen LogP contribution >= 0.6 is 0 Å². The van der Waals surface area contributed by atoms with Gasteiger partial charge in [-0.3, -0.25) is 4.98 Å². The summed E-state index contributed by atoms with van der Waals surface area (Å²) in [7, 11) is 0. The molecule has 1 heterocycles. The Kier molecular flexibility index (Phi) is 4.13. The Morgan fingerprint density at radius 1 is 1.30 bits per heavy atom. The molecule has 2 rings (SSSR count). The number of halogens is 3. The monoisotopic (exact) mass is 284 g/mol. The second-order valence-electron chi connectivity index (χ2n) is 4.76. The average molecular weight is 284 g/mol. The minimum absolute atomic E-state index is 0.0498. The molecular weight excluding hydrogens is 269 g/mol. The molecule has 0 aliphatic carbocycles. The van der Waals surface area contributed by atoms with Crippen molar-refractivity contribution in [3.05, 3.63) is 36.0 Å². The maximum absolute atomic E-state index is 12.6. The number of aliphatic hydroxyl groups is 1. The van der Waals surface area contributed by atoms with Crippen molar-refractivity contribution >= 4 is 16.6 Å². The van der Waals surface area contributed by atoms with E-state index in [4.69, 9.17) is 5.11 Å². The lowest BCUT2D eigenvalue weighted by molar-refractivity contribution is -0.137. The Balaban J connectivity index is 2.34. The molecule has 6 heteroatoms. The number of nitrogens with zero attached hydrogens (tertiary/aromatic N) is 1. The summed E-state index contributed by atoms with van der Waals surface area (Å²) in [4.78, 5) is 3.97. The van der Waals surface area contributed by atoms with Crippen molar-refractivity contribution in [1.82, 2.24) is 4.98 Å². The Labute approximate surface area is 114 Å². The van der Waals surface area contributed by atoms with Crippen LogP contribution in [0, 0.1) is 5.92 Å². The highest BCUT2D eigenvalue weighted by atomic mass is 19.4. The van der Waals surface area contributed by atoms with Gasteiger partial charge in [0.1, 0.15) is 0 Å². The highest BCUT2D eigenvalue weighted by Crippen LogP contribution is 2.32. The van der Waals surface area contributed by atoms with Crippen LogP contribution in [0.3, 0.4) is 0 Å². The van der Waals surface area contributed by atoms with Gasteiger partial charge >= 0.3 is 6.18 Å². The number of rotatable bonds is 4. The number of alkyl halides is 3. The third-order valence-electron chi connectivity index (χ3n) is 3.02. The summed E-state index contributed by atoms with van der Waals surface area (Å²) in [5.41, 5.74) is 0.295. The van der Waals surface area contributed by atoms with Gasteiger partial charge in [0.05, 0.1) is 11.1 Å². The van der Waals surface area contributed by atoms with Crippen LogP contribution in [0.1, 0.15) is 12.5 Å². The van der Waals surface area contributed by atoms with Gasteiger partial charge in [-0.05, 0) is 24.1 Å². The zero-order valence-corrected chi connectivity index (χ0v) is 10.9. The Hall–Kier alpha value is -1.82. The maximum atomic E-state index is 12.6. The molecule has 0 aliphatic heterocycles. The van der Waals surface area contributed by atoms with Crippen LogP contribution < -0.4 is 5.32 Å². The van der Waals surface area contributed by atoms with E-state index in [-0.39, 0.29) is 12.5 Å². The van der Waals surface area contributed by atoms with Gasteiger partial charge < -0.3 is 10.4 Å². The molecule has 1 atom stereocenters. The lowest BCUT2D eigenvalue weighted by Gasteiger charge is -2.13. The molecule has 2 aromatic rings. The van der Waals surface area contributed by atoms with Crippen molar-refractivity contribution in [3.63, 3.8) is 0 Å². The van der Waals surface area contributed by atoms with E-state index in [1.165, 1.54) is 12.3 Å². The van der Waals surface area contributed by atoms with Crippen molar-refractivity contribution in [2.75, 3.05) is 18.5 Å². The molecule has 1 aromatic carbocycles. The van der Waals surface area contributed by atoms with Crippen molar-refractivity contribution in [1.29, 1.82) is 0 Å². The number of aliphatic hydroxyl groups excluding tert-OH is 1. The van der Waals surface area contributed by atoms with Gasteiger partial charge in [0.15, 0.2) is 0 Å². The summed E-state index contributed by atoms with van der Waals surface area (Å²) in [5.74, 6) is 0.0627. The Morgan fingerprint density at radius 3 is 2.70 bits per heavy atom. The van der Waals surface area contributed by atoms with Crippen LogP contribution in [0.5, 0.6) is 0 Å². The van der Waals surface area contributed by atoms with Crippen LogP contribution in [-0.2, 0) is 6.18 Å². The first-order valence-corrected chi connectivity index (χ1v) is 6.22. The first kappa shape index (κ1) is 14.6.